The molecule has 0 radical (unpaired) electrons. The Bertz CT molecular complexity index is 7650. The Morgan fingerprint density at radius 1 is 0.336 bits per heavy atom. The zero-order chi connectivity index (χ0) is 103. The third-order valence-electron chi connectivity index (χ3n) is 28.6. The number of carbonyl (C=O) groups is 6. The molecule has 10 aliphatic rings. The number of nitrogens with one attached hydrogen (secondary N) is 5. The fourth-order valence-electron chi connectivity index (χ4n) is 19.4. The molecule has 15 aromatic rings. The molecule has 5 aliphatic carbocycles. The lowest BCUT2D eigenvalue weighted by atomic mass is 9.94. The van der Waals surface area contributed by atoms with Gasteiger partial charge in [-0.15, -0.1) is 0 Å². The number of aliphatic hydroxyl groups is 1. The summed E-state index contributed by atoms with van der Waals surface area (Å²) >= 11 is 0. The van der Waals surface area contributed by atoms with Crippen molar-refractivity contribution in [3.8, 4) is 119 Å². The topological polar surface area (TPSA) is 378 Å². The summed E-state index contributed by atoms with van der Waals surface area (Å²) in [6.45, 7) is 7.90. The second kappa shape index (κ2) is 41.2. The minimum Gasteiger partial charge on any atom is -0.496 e. The molecule has 752 valence electrons. The number of nitrogens with zero attached hydrogens (tertiary/aromatic N) is 6. The van der Waals surface area contributed by atoms with Gasteiger partial charge in [0.2, 0.25) is 63.5 Å². The van der Waals surface area contributed by atoms with Crippen molar-refractivity contribution in [1.29, 1.82) is 0 Å². The van der Waals surface area contributed by atoms with E-state index in [1.807, 2.05) is 243 Å². The lowest BCUT2D eigenvalue weighted by Gasteiger charge is -2.17. The summed E-state index contributed by atoms with van der Waals surface area (Å²) in [5.74, 6) is 10.2. The van der Waals surface area contributed by atoms with Gasteiger partial charge in [-0.3, -0.25) is 28.8 Å². The number of rotatable bonds is 24. The maximum Gasteiger partial charge on any atom is 0.253 e. The summed E-state index contributed by atoms with van der Waals surface area (Å²) in [5, 5.41) is 24.3. The van der Waals surface area contributed by atoms with Crippen LogP contribution >= 0.6 is 0 Å². The number of hydrogen-bond donors (Lipinski definition) is 7. The third kappa shape index (κ3) is 20.6. The van der Waals surface area contributed by atoms with Gasteiger partial charge in [0.25, 0.3) is 5.91 Å². The number of benzene rings is 10. The number of aliphatic hydroxyl groups excluding tert-OH is 1. The molecule has 25 rings (SSSR count). The van der Waals surface area contributed by atoms with Gasteiger partial charge < -0.3 is 94.4 Å². The second-order valence-electron chi connectivity index (χ2n) is 38.6. The van der Waals surface area contributed by atoms with Crippen LogP contribution in [0.5, 0.6) is 63.2 Å². The molecule has 5 saturated carbocycles. The van der Waals surface area contributed by atoms with E-state index in [4.69, 9.17) is 62.8 Å². The quantitative estimate of drug-likeness (QED) is 0.0295. The zero-order valence-corrected chi connectivity index (χ0v) is 82.9. The smallest absolute Gasteiger partial charge is 0.253 e. The van der Waals surface area contributed by atoms with Crippen LogP contribution in [0, 0.1) is 20.8 Å². The van der Waals surface area contributed by atoms with Crippen molar-refractivity contribution in [3.05, 3.63) is 353 Å². The van der Waals surface area contributed by atoms with E-state index in [9.17, 15) is 33.9 Å². The SMILES string of the molecule is CN(C)C(=O)c1ccc(-c2cccc(NC(=O)C3(c4ccc5c(c4)OCO5)CC3)n2)cc1.COc1ccccc1-c1ccc(NC(=O)C2(c3ccc4c(c3)OCO4)CC2)nc1.Cc1cc(C)c(-c2cccc(NC(=O)C3(c4ccc5c(c4)OCO5)CC3)n2)c(C)c1.NCc1ccc(-c2cccc(NC(=O)C3(c4ccc5c(c4)OCO5)CC3)n2)cc1.O=C(Nc1ccc(-c2cccc(CO)c2)cn1)C1(c2ccc3c(c2)OCO3)CC1. The number of para-hydroxylation sites is 1. The van der Waals surface area contributed by atoms with Gasteiger partial charge in [0.1, 0.15) is 34.8 Å². The average Bonchev–Trinajstić information content (AvgIpc) is 1.61. The maximum atomic E-state index is 13.2. The number of hydrogen-bond acceptors (Lipinski definition) is 24. The molecule has 5 fully saturated rings. The molecule has 0 unspecified atom stereocenters. The van der Waals surface area contributed by atoms with Gasteiger partial charge in [-0.05, 0) is 286 Å². The van der Waals surface area contributed by atoms with E-state index in [0.717, 1.165) is 182 Å². The summed E-state index contributed by atoms with van der Waals surface area (Å²) in [6, 6.07) is 88.0. The molecule has 30 nitrogen and oxygen atoms in total. The molecule has 0 bridgehead atoms. The number of amides is 6. The number of pyridine rings is 5. The first kappa shape index (κ1) is 97.6. The molecule has 5 aromatic heterocycles. The summed E-state index contributed by atoms with van der Waals surface area (Å²) in [5.41, 5.74) is 23.0. The van der Waals surface area contributed by atoms with Crippen LogP contribution in [0.25, 0.3) is 56.0 Å². The Morgan fingerprint density at radius 2 is 0.671 bits per heavy atom. The molecule has 0 saturated heterocycles. The summed E-state index contributed by atoms with van der Waals surface area (Å²) in [6.07, 6.45) is 11.5. The highest BCUT2D eigenvalue weighted by atomic mass is 16.7. The zero-order valence-electron chi connectivity index (χ0n) is 82.9. The second-order valence-corrected chi connectivity index (χ2v) is 38.6. The van der Waals surface area contributed by atoms with Crippen LogP contribution in [0.15, 0.2) is 291 Å². The number of fused-ring (bicyclic) bond motifs is 5. The summed E-state index contributed by atoms with van der Waals surface area (Å²) in [7, 11) is 5.09. The van der Waals surface area contributed by atoms with E-state index in [0.29, 0.717) is 81.4 Å². The van der Waals surface area contributed by atoms with Gasteiger partial charge in [0.05, 0.1) is 57.9 Å². The van der Waals surface area contributed by atoms with E-state index >= 15 is 0 Å². The fourth-order valence-corrected chi connectivity index (χ4v) is 19.4. The predicted molar refractivity (Wildman–Crippen MR) is 561 cm³/mol. The van der Waals surface area contributed by atoms with Crippen LogP contribution in [-0.2, 0) is 64.2 Å². The first-order valence-corrected chi connectivity index (χ1v) is 49.4. The highest BCUT2D eigenvalue weighted by molar-refractivity contribution is 6.05. The number of nitrogens with two attached hydrogens (primary N) is 1. The van der Waals surface area contributed by atoms with Gasteiger partial charge in [-0.25, -0.2) is 24.9 Å². The number of ether oxygens (including phenoxy) is 11. The molecule has 30 heteroatoms. The molecule has 0 spiro atoms. The van der Waals surface area contributed by atoms with Gasteiger partial charge in [0.15, 0.2) is 57.5 Å². The van der Waals surface area contributed by atoms with E-state index in [-0.39, 0.29) is 76.0 Å². The van der Waals surface area contributed by atoms with E-state index < -0.39 is 27.1 Å². The number of aromatic nitrogens is 5. The molecule has 6 amide bonds. The van der Waals surface area contributed by atoms with Crippen molar-refractivity contribution in [2.45, 2.75) is 125 Å². The Balaban J connectivity index is 0.000000109. The van der Waals surface area contributed by atoms with Crippen LogP contribution < -0.4 is 84.4 Å². The van der Waals surface area contributed by atoms with Gasteiger partial charge in [-0.2, -0.15) is 0 Å². The van der Waals surface area contributed by atoms with Crippen molar-refractivity contribution in [3.63, 3.8) is 0 Å². The van der Waals surface area contributed by atoms with E-state index in [1.54, 1.807) is 57.9 Å². The molecular formula is C119H108N12O18. The predicted octanol–water partition coefficient (Wildman–Crippen LogP) is 20.3. The summed E-state index contributed by atoms with van der Waals surface area (Å²) < 4.78 is 59.6. The Labute approximate surface area is 860 Å². The molecular weight excluding hydrogens is 1890 g/mol. The average molecular weight is 1990 g/mol. The molecule has 0 atom stereocenters. The molecule has 149 heavy (non-hydrogen) atoms. The first-order chi connectivity index (χ1) is 72.5. The fraction of sp³-hybridized carbons (Fsp3) is 0.235. The molecule has 10 heterocycles. The minimum absolute atomic E-state index is 0.00263. The largest absolute Gasteiger partial charge is 0.496 e. The minimum atomic E-state index is -0.563. The highest BCUT2D eigenvalue weighted by Gasteiger charge is 2.56. The van der Waals surface area contributed by atoms with Crippen LogP contribution in [0.2, 0.25) is 0 Å². The number of anilines is 5. The highest BCUT2D eigenvalue weighted by Crippen LogP contribution is 2.57. The Kier molecular flexibility index (Phi) is 27.0. The molecule has 8 N–H and O–H groups in total. The summed E-state index contributed by atoms with van der Waals surface area (Å²) in [4.78, 5) is 102. The first-order valence-electron chi connectivity index (χ1n) is 49.4. The Hall–Kier alpha value is -17.5. The van der Waals surface area contributed by atoms with Crippen molar-refractivity contribution >= 4 is 64.5 Å². The normalized spacial score (nSPS) is 15.6. The maximum absolute atomic E-state index is 13.2. The van der Waals surface area contributed by atoms with Gasteiger partial charge >= 0.3 is 0 Å². The van der Waals surface area contributed by atoms with E-state index in [2.05, 4.69) is 79.4 Å². The van der Waals surface area contributed by atoms with Crippen molar-refractivity contribution in [2.24, 2.45) is 5.73 Å². The van der Waals surface area contributed by atoms with Crippen molar-refractivity contribution in [1.82, 2.24) is 29.8 Å². The lowest BCUT2D eigenvalue weighted by molar-refractivity contribution is -0.119. The number of methoxy groups -OCH3 is 1. The Morgan fingerprint density at radius 3 is 1.02 bits per heavy atom. The standard InChI is InChI=1S/C25H23N3O4.C25H24N2O3.C23H21N3O3.2C23H20N2O4/c1-28(2)23(29)17-8-6-16(7-9-17)19-4-3-5-22(26-19)27-24(30)25(12-13-25)18-10-11-20-21(14-18)32-15-31-20;1-15-11-16(2)23(17(3)12-15)19-5-4-6-22(26-19)27-24(28)25(9-10-25)18-7-8-20-21(13-18)30-14-29-20;24-13-15-4-6-16(7-5-15)18-2-1-3-21(25-18)26-22(27)23(10-11-23)17-8-9-19-20(12-17)29-14-28-19;1-27-18-5-3-2-4-17(18)15-6-9-21(24-13-15)25-22(26)23(10-11-23)16-7-8-19-20(12-16)29-14-28-19;26-13-15-2-1-3-16(10-15)17-4-7-21(24-12-17)25-22(27)23(8-9-23)18-5-6-19-20(11-18)29-14-28-19/h3-11,14H,12-13,15H2,1-2H3,(H,26,27,30);4-8,11-13H,9-10,14H2,1-3H3,(H,26,27,28);1-9,12H,10-11,13-14,24H2,(H,25,26,27);2-9,12-13H,10-11,14H2,1H3,(H,24,25,26);1-7,10-12,26H,8-9,13-14H2,(H,24,25,27). The van der Waals surface area contributed by atoms with Crippen molar-refractivity contribution in [2.75, 3.05) is 81.8 Å². The number of aryl methyl sites for hydroxylation is 3. The van der Waals surface area contributed by atoms with Gasteiger partial charge in [0, 0.05) is 72.0 Å². The molecule has 5 aliphatic heterocycles. The third-order valence-corrected chi connectivity index (χ3v) is 28.6. The lowest BCUT2D eigenvalue weighted by Crippen LogP contribution is -2.28. The van der Waals surface area contributed by atoms with Crippen molar-refractivity contribution < 1.29 is 86.0 Å². The van der Waals surface area contributed by atoms with Crippen LogP contribution in [0.1, 0.15) is 130 Å². The van der Waals surface area contributed by atoms with Crippen LogP contribution in [0.4, 0.5) is 29.1 Å². The monoisotopic (exact) mass is 1990 g/mol. The number of carbonyl (C=O) groups excluding carboxylic acids is 6. The van der Waals surface area contributed by atoms with Crippen LogP contribution in [-0.4, -0.2) is 126 Å². The van der Waals surface area contributed by atoms with E-state index in [1.165, 1.54) is 21.6 Å². The van der Waals surface area contributed by atoms with Crippen LogP contribution in [0.3, 0.4) is 0 Å². The van der Waals surface area contributed by atoms with Gasteiger partial charge in [-0.1, -0.05) is 139 Å². The molecule has 10 aromatic carbocycles.